The number of nitrogens with one attached hydrogen (secondary N) is 1. The van der Waals surface area contributed by atoms with Gasteiger partial charge in [0.1, 0.15) is 5.69 Å². The lowest BCUT2D eigenvalue weighted by molar-refractivity contribution is 0.0787. The van der Waals surface area contributed by atoms with Crippen LogP contribution in [-0.2, 0) is 4.74 Å². The second kappa shape index (κ2) is 7.98. The van der Waals surface area contributed by atoms with Crippen LogP contribution in [-0.4, -0.2) is 48.6 Å². The molecule has 2 rings (SSSR count). The molecule has 1 aromatic heterocycles. The second-order valence-corrected chi connectivity index (χ2v) is 5.53. The molecule has 0 aromatic carbocycles. The highest BCUT2D eigenvalue weighted by Gasteiger charge is 2.15. The maximum Gasteiger partial charge on any atom is 0.272 e. The first-order valence-corrected chi connectivity index (χ1v) is 7.77. The first-order valence-electron chi connectivity index (χ1n) is 7.77. The Morgan fingerprint density at radius 1 is 1.52 bits per heavy atom. The molecule has 1 unspecified atom stereocenters. The van der Waals surface area contributed by atoms with Gasteiger partial charge in [0, 0.05) is 26.7 Å². The van der Waals surface area contributed by atoms with Crippen LogP contribution in [0.4, 0.5) is 5.69 Å². The molecule has 5 heteroatoms. The highest BCUT2D eigenvalue weighted by molar-refractivity contribution is 5.92. The van der Waals surface area contributed by atoms with Gasteiger partial charge in [-0.25, -0.2) is 4.98 Å². The third kappa shape index (κ3) is 4.70. The van der Waals surface area contributed by atoms with Gasteiger partial charge in [-0.1, -0.05) is 13.3 Å². The van der Waals surface area contributed by atoms with Crippen molar-refractivity contribution in [2.45, 2.75) is 38.7 Å². The summed E-state index contributed by atoms with van der Waals surface area (Å²) >= 11 is 0. The van der Waals surface area contributed by atoms with Crippen LogP contribution in [0.15, 0.2) is 18.3 Å². The van der Waals surface area contributed by atoms with E-state index in [9.17, 15) is 4.79 Å². The Labute approximate surface area is 126 Å². The molecule has 1 amide bonds. The zero-order valence-electron chi connectivity index (χ0n) is 13.0. The molecule has 0 spiro atoms. The molecule has 1 aliphatic heterocycles. The lowest BCUT2D eigenvalue weighted by atomic mass is 10.2. The predicted molar refractivity (Wildman–Crippen MR) is 83.6 cm³/mol. The molecule has 2 heterocycles. The number of ether oxygens (including phenoxy) is 1. The van der Waals surface area contributed by atoms with Crippen molar-refractivity contribution in [1.29, 1.82) is 0 Å². The standard InChI is InChI=1S/C16H25N3O2/c1-3-4-9-19(2)16(20)15-8-7-13(11-18-15)17-12-14-6-5-10-21-14/h7-8,11,14,17H,3-6,9-10,12H2,1-2H3. The number of amides is 1. The Kier molecular flexibility index (Phi) is 5.99. The second-order valence-electron chi connectivity index (χ2n) is 5.53. The molecule has 0 saturated carbocycles. The van der Waals surface area contributed by atoms with E-state index >= 15 is 0 Å². The number of nitrogens with zero attached hydrogens (tertiary/aromatic N) is 2. The number of unbranched alkanes of at least 4 members (excludes halogenated alkanes) is 1. The minimum absolute atomic E-state index is 0.0193. The molecule has 1 aromatic rings. The van der Waals surface area contributed by atoms with Crippen LogP contribution in [0.25, 0.3) is 0 Å². The fourth-order valence-electron chi connectivity index (χ4n) is 2.35. The van der Waals surface area contributed by atoms with E-state index in [0.29, 0.717) is 11.8 Å². The number of carbonyl (C=O) groups excluding carboxylic acids is 1. The third-order valence-electron chi connectivity index (χ3n) is 3.73. The normalized spacial score (nSPS) is 17.7. The minimum Gasteiger partial charge on any atom is -0.381 e. The van der Waals surface area contributed by atoms with E-state index in [1.807, 2.05) is 13.1 Å². The summed E-state index contributed by atoms with van der Waals surface area (Å²) in [6.07, 6.45) is 6.36. The van der Waals surface area contributed by atoms with Gasteiger partial charge >= 0.3 is 0 Å². The van der Waals surface area contributed by atoms with E-state index < -0.39 is 0 Å². The number of rotatable bonds is 7. The molecule has 1 fully saturated rings. The number of pyridine rings is 1. The van der Waals surface area contributed by atoms with Crippen LogP contribution in [0.1, 0.15) is 43.1 Å². The molecule has 1 atom stereocenters. The maximum absolute atomic E-state index is 12.2. The van der Waals surface area contributed by atoms with Gasteiger partial charge in [-0.05, 0) is 31.4 Å². The van der Waals surface area contributed by atoms with Crippen molar-refractivity contribution >= 4 is 11.6 Å². The van der Waals surface area contributed by atoms with Crippen LogP contribution in [0.3, 0.4) is 0 Å². The van der Waals surface area contributed by atoms with E-state index in [2.05, 4.69) is 17.2 Å². The molecule has 21 heavy (non-hydrogen) atoms. The summed E-state index contributed by atoms with van der Waals surface area (Å²) in [5, 5.41) is 3.30. The minimum atomic E-state index is -0.0193. The van der Waals surface area contributed by atoms with E-state index in [1.165, 1.54) is 0 Å². The average Bonchev–Trinajstić information content (AvgIpc) is 3.04. The van der Waals surface area contributed by atoms with Gasteiger partial charge in [0.25, 0.3) is 5.91 Å². The Balaban J connectivity index is 1.84. The predicted octanol–water partition coefficient (Wildman–Crippen LogP) is 2.54. The van der Waals surface area contributed by atoms with Gasteiger partial charge in [0.2, 0.25) is 0 Å². The highest BCUT2D eigenvalue weighted by atomic mass is 16.5. The summed E-state index contributed by atoms with van der Waals surface area (Å²) in [4.78, 5) is 18.1. The first-order chi connectivity index (χ1) is 10.2. The average molecular weight is 291 g/mol. The molecule has 0 radical (unpaired) electrons. The van der Waals surface area contributed by atoms with Gasteiger partial charge < -0.3 is 15.0 Å². The fraction of sp³-hybridized carbons (Fsp3) is 0.625. The first kappa shape index (κ1) is 15.8. The zero-order chi connectivity index (χ0) is 15.1. The van der Waals surface area contributed by atoms with Crippen molar-refractivity contribution < 1.29 is 9.53 Å². The largest absolute Gasteiger partial charge is 0.381 e. The van der Waals surface area contributed by atoms with Gasteiger partial charge in [0.15, 0.2) is 0 Å². The summed E-state index contributed by atoms with van der Waals surface area (Å²) in [5.74, 6) is -0.0193. The van der Waals surface area contributed by atoms with E-state index in [4.69, 9.17) is 4.74 Å². The topological polar surface area (TPSA) is 54.5 Å². The number of hydrogen-bond donors (Lipinski definition) is 1. The molecule has 0 aliphatic carbocycles. The zero-order valence-corrected chi connectivity index (χ0v) is 13.0. The molecule has 5 nitrogen and oxygen atoms in total. The van der Waals surface area contributed by atoms with Crippen LogP contribution >= 0.6 is 0 Å². The monoisotopic (exact) mass is 291 g/mol. The van der Waals surface area contributed by atoms with Crippen LogP contribution in [0, 0.1) is 0 Å². The molecule has 1 aliphatic rings. The number of carbonyl (C=O) groups is 1. The van der Waals surface area contributed by atoms with Crippen molar-refractivity contribution in [3.63, 3.8) is 0 Å². The molecule has 1 saturated heterocycles. The fourth-order valence-corrected chi connectivity index (χ4v) is 2.35. The van der Waals surface area contributed by atoms with Gasteiger partial charge in [0.05, 0.1) is 18.0 Å². The van der Waals surface area contributed by atoms with Crippen molar-refractivity contribution in [3.05, 3.63) is 24.0 Å². The Morgan fingerprint density at radius 2 is 2.38 bits per heavy atom. The van der Waals surface area contributed by atoms with Crippen molar-refractivity contribution in [3.8, 4) is 0 Å². The number of anilines is 1. The highest BCUT2D eigenvalue weighted by Crippen LogP contribution is 2.14. The Hall–Kier alpha value is -1.62. The number of aromatic nitrogens is 1. The van der Waals surface area contributed by atoms with Crippen LogP contribution in [0.5, 0.6) is 0 Å². The Bertz CT molecular complexity index is 441. The molecule has 1 N–H and O–H groups in total. The smallest absolute Gasteiger partial charge is 0.272 e. The van der Waals surface area contributed by atoms with E-state index in [1.54, 1.807) is 17.2 Å². The van der Waals surface area contributed by atoms with Gasteiger partial charge in [-0.3, -0.25) is 4.79 Å². The summed E-state index contributed by atoms with van der Waals surface area (Å²) in [6, 6.07) is 3.69. The molecular formula is C16H25N3O2. The van der Waals surface area contributed by atoms with E-state index in [-0.39, 0.29) is 5.91 Å². The van der Waals surface area contributed by atoms with E-state index in [0.717, 1.165) is 51.1 Å². The van der Waals surface area contributed by atoms with Gasteiger partial charge in [-0.15, -0.1) is 0 Å². The number of hydrogen-bond acceptors (Lipinski definition) is 4. The quantitative estimate of drug-likeness (QED) is 0.839. The summed E-state index contributed by atoms with van der Waals surface area (Å²) in [6.45, 7) is 4.55. The lowest BCUT2D eigenvalue weighted by Crippen LogP contribution is -2.28. The molecular weight excluding hydrogens is 266 g/mol. The summed E-state index contributed by atoms with van der Waals surface area (Å²) in [7, 11) is 1.82. The van der Waals surface area contributed by atoms with Gasteiger partial charge in [-0.2, -0.15) is 0 Å². The maximum atomic E-state index is 12.2. The summed E-state index contributed by atoms with van der Waals surface area (Å²) < 4.78 is 5.56. The molecule has 0 bridgehead atoms. The Morgan fingerprint density at radius 3 is 3.00 bits per heavy atom. The van der Waals surface area contributed by atoms with Crippen LogP contribution < -0.4 is 5.32 Å². The van der Waals surface area contributed by atoms with Crippen molar-refractivity contribution in [2.75, 3.05) is 32.1 Å². The SMILES string of the molecule is CCCCN(C)C(=O)c1ccc(NCC2CCCO2)cn1. The van der Waals surface area contributed by atoms with Crippen molar-refractivity contribution in [2.24, 2.45) is 0 Å². The third-order valence-corrected chi connectivity index (χ3v) is 3.73. The molecule has 116 valence electrons. The van der Waals surface area contributed by atoms with Crippen LogP contribution in [0.2, 0.25) is 0 Å². The van der Waals surface area contributed by atoms with Crippen molar-refractivity contribution in [1.82, 2.24) is 9.88 Å². The lowest BCUT2D eigenvalue weighted by Gasteiger charge is -2.16. The summed E-state index contributed by atoms with van der Waals surface area (Å²) in [5.41, 5.74) is 1.43.